The summed E-state index contributed by atoms with van der Waals surface area (Å²) in [6.07, 6.45) is 3.78. The van der Waals surface area contributed by atoms with Gasteiger partial charge in [0.25, 0.3) is 0 Å². The molecule has 0 spiro atoms. The molecule has 2 unspecified atom stereocenters. The third kappa shape index (κ3) is 2.82. The Morgan fingerprint density at radius 3 is 2.85 bits per heavy atom. The van der Waals surface area contributed by atoms with Crippen LogP contribution in [-0.4, -0.2) is 37.4 Å². The second kappa shape index (κ2) is 5.48. The Labute approximate surface area is 120 Å². The first-order chi connectivity index (χ1) is 9.65. The Balaban J connectivity index is 1.73. The normalized spacial score (nSPS) is 25.7. The van der Waals surface area contributed by atoms with Gasteiger partial charge in [-0.2, -0.15) is 4.98 Å². The highest BCUT2D eigenvalue weighted by atomic mass is 16.5. The SMILES string of the molecule is CC1OCCC1N(C)c1ccc(N)c(OCC2CC2)n1. The van der Waals surface area contributed by atoms with E-state index in [1.807, 2.05) is 12.1 Å². The number of anilines is 2. The number of hydrogen-bond donors (Lipinski definition) is 1. The molecule has 5 nitrogen and oxygen atoms in total. The van der Waals surface area contributed by atoms with Crippen molar-refractivity contribution in [1.29, 1.82) is 0 Å². The van der Waals surface area contributed by atoms with Crippen molar-refractivity contribution in [2.75, 3.05) is 30.9 Å². The van der Waals surface area contributed by atoms with Crippen molar-refractivity contribution in [3.8, 4) is 5.88 Å². The number of aromatic nitrogens is 1. The fourth-order valence-corrected chi connectivity index (χ4v) is 2.63. The molecule has 1 saturated carbocycles. The lowest BCUT2D eigenvalue weighted by atomic mass is 10.1. The van der Waals surface area contributed by atoms with E-state index in [0.717, 1.165) is 25.5 Å². The molecule has 1 aliphatic heterocycles. The van der Waals surface area contributed by atoms with Crippen molar-refractivity contribution in [2.24, 2.45) is 5.92 Å². The highest BCUT2D eigenvalue weighted by Gasteiger charge is 2.29. The molecule has 1 aliphatic carbocycles. The summed E-state index contributed by atoms with van der Waals surface area (Å²) < 4.78 is 11.4. The largest absolute Gasteiger partial charge is 0.476 e. The topological polar surface area (TPSA) is 60.6 Å². The van der Waals surface area contributed by atoms with Crippen LogP contribution < -0.4 is 15.4 Å². The zero-order valence-electron chi connectivity index (χ0n) is 12.2. The maximum atomic E-state index is 5.95. The lowest BCUT2D eigenvalue weighted by Crippen LogP contribution is -2.37. The molecule has 2 atom stereocenters. The van der Waals surface area contributed by atoms with E-state index in [1.54, 1.807) is 0 Å². The van der Waals surface area contributed by atoms with Crippen molar-refractivity contribution in [3.63, 3.8) is 0 Å². The summed E-state index contributed by atoms with van der Waals surface area (Å²) in [6, 6.07) is 4.19. The molecule has 1 aromatic rings. The van der Waals surface area contributed by atoms with Crippen LogP contribution in [0.2, 0.25) is 0 Å². The van der Waals surface area contributed by atoms with Gasteiger partial charge in [-0.05, 0) is 44.2 Å². The van der Waals surface area contributed by atoms with E-state index in [0.29, 0.717) is 23.5 Å². The van der Waals surface area contributed by atoms with Gasteiger partial charge < -0.3 is 20.1 Å². The molecular weight excluding hydrogens is 254 g/mol. The minimum Gasteiger partial charge on any atom is -0.476 e. The van der Waals surface area contributed by atoms with E-state index in [1.165, 1.54) is 12.8 Å². The van der Waals surface area contributed by atoms with Crippen LogP contribution in [-0.2, 0) is 4.74 Å². The van der Waals surface area contributed by atoms with Crippen molar-refractivity contribution in [2.45, 2.75) is 38.3 Å². The number of ether oxygens (including phenoxy) is 2. The molecule has 2 heterocycles. The Morgan fingerprint density at radius 1 is 1.40 bits per heavy atom. The van der Waals surface area contributed by atoms with Gasteiger partial charge in [0.15, 0.2) is 0 Å². The first-order valence-electron chi connectivity index (χ1n) is 7.39. The Hall–Kier alpha value is -1.49. The highest BCUT2D eigenvalue weighted by Crippen LogP contribution is 2.31. The summed E-state index contributed by atoms with van der Waals surface area (Å²) in [7, 11) is 2.05. The summed E-state index contributed by atoms with van der Waals surface area (Å²) in [5.41, 5.74) is 6.56. The quantitative estimate of drug-likeness (QED) is 0.892. The van der Waals surface area contributed by atoms with Crippen LogP contribution in [0, 0.1) is 5.92 Å². The summed E-state index contributed by atoms with van der Waals surface area (Å²) in [6.45, 7) is 3.65. The maximum absolute atomic E-state index is 5.95. The number of hydrogen-bond acceptors (Lipinski definition) is 5. The van der Waals surface area contributed by atoms with Gasteiger partial charge in [-0.15, -0.1) is 0 Å². The second-order valence-corrected chi connectivity index (χ2v) is 5.86. The number of nitrogens with zero attached hydrogens (tertiary/aromatic N) is 2. The van der Waals surface area contributed by atoms with Crippen molar-refractivity contribution < 1.29 is 9.47 Å². The standard InChI is InChI=1S/C15H23N3O2/c1-10-13(7-8-19-10)18(2)14-6-5-12(16)15(17-14)20-9-11-3-4-11/h5-6,10-11,13H,3-4,7-9,16H2,1-2H3. The van der Waals surface area contributed by atoms with Crippen molar-refractivity contribution >= 4 is 11.5 Å². The molecule has 110 valence electrons. The minimum absolute atomic E-state index is 0.232. The number of likely N-dealkylation sites (N-methyl/N-ethyl adjacent to an activating group) is 1. The van der Waals surface area contributed by atoms with Crippen LogP contribution in [0.15, 0.2) is 12.1 Å². The van der Waals surface area contributed by atoms with E-state index >= 15 is 0 Å². The summed E-state index contributed by atoms with van der Waals surface area (Å²) in [5.74, 6) is 2.15. The fraction of sp³-hybridized carbons (Fsp3) is 0.667. The average molecular weight is 277 g/mol. The predicted molar refractivity (Wildman–Crippen MR) is 79.1 cm³/mol. The first-order valence-corrected chi connectivity index (χ1v) is 7.39. The van der Waals surface area contributed by atoms with Gasteiger partial charge in [0.05, 0.1) is 24.4 Å². The summed E-state index contributed by atoms with van der Waals surface area (Å²) >= 11 is 0. The van der Waals surface area contributed by atoms with Gasteiger partial charge in [0.2, 0.25) is 5.88 Å². The Kier molecular flexibility index (Phi) is 3.70. The molecule has 1 aromatic heterocycles. The molecule has 0 amide bonds. The van der Waals surface area contributed by atoms with Gasteiger partial charge in [0, 0.05) is 13.7 Å². The monoisotopic (exact) mass is 277 g/mol. The summed E-state index contributed by atoms with van der Waals surface area (Å²) in [4.78, 5) is 6.74. The van der Waals surface area contributed by atoms with Crippen LogP contribution in [0.1, 0.15) is 26.2 Å². The number of nitrogen functional groups attached to an aromatic ring is 1. The van der Waals surface area contributed by atoms with Gasteiger partial charge in [-0.3, -0.25) is 0 Å². The van der Waals surface area contributed by atoms with E-state index in [4.69, 9.17) is 15.2 Å². The predicted octanol–water partition coefficient (Wildman–Crippen LogP) is 2.07. The van der Waals surface area contributed by atoms with E-state index in [-0.39, 0.29) is 6.10 Å². The molecule has 1 saturated heterocycles. The molecule has 3 rings (SSSR count). The Bertz CT molecular complexity index is 476. The second-order valence-electron chi connectivity index (χ2n) is 5.86. The lowest BCUT2D eigenvalue weighted by molar-refractivity contribution is 0.118. The minimum atomic E-state index is 0.232. The van der Waals surface area contributed by atoms with Gasteiger partial charge in [0.1, 0.15) is 5.82 Å². The van der Waals surface area contributed by atoms with E-state index in [2.05, 4.69) is 23.9 Å². The third-order valence-electron chi connectivity index (χ3n) is 4.22. The van der Waals surface area contributed by atoms with Crippen molar-refractivity contribution in [1.82, 2.24) is 4.98 Å². The molecule has 0 bridgehead atoms. The highest BCUT2D eigenvalue weighted by molar-refractivity contribution is 5.54. The zero-order chi connectivity index (χ0) is 14.1. The third-order valence-corrected chi connectivity index (χ3v) is 4.22. The molecule has 5 heteroatoms. The zero-order valence-corrected chi connectivity index (χ0v) is 12.2. The van der Waals surface area contributed by atoms with Crippen LogP contribution in [0.3, 0.4) is 0 Å². The molecule has 2 N–H and O–H groups in total. The summed E-state index contributed by atoms with van der Waals surface area (Å²) in [5, 5.41) is 0. The fourth-order valence-electron chi connectivity index (χ4n) is 2.63. The van der Waals surface area contributed by atoms with Gasteiger partial charge in [-0.1, -0.05) is 0 Å². The Morgan fingerprint density at radius 2 is 2.20 bits per heavy atom. The first kappa shape index (κ1) is 13.5. The van der Waals surface area contributed by atoms with E-state index in [9.17, 15) is 0 Å². The molecule has 0 radical (unpaired) electrons. The van der Waals surface area contributed by atoms with E-state index < -0.39 is 0 Å². The lowest BCUT2D eigenvalue weighted by Gasteiger charge is -2.28. The average Bonchev–Trinajstić information content (AvgIpc) is 3.17. The van der Waals surface area contributed by atoms with Crippen LogP contribution in [0.25, 0.3) is 0 Å². The number of pyridine rings is 1. The smallest absolute Gasteiger partial charge is 0.239 e. The van der Waals surface area contributed by atoms with Crippen LogP contribution in [0.4, 0.5) is 11.5 Å². The maximum Gasteiger partial charge on any atom is 0.239 e. The van der Waals surface area contributed by atoms with Crippen LogP contribution >= 0.6 is 0 Å². The van der Waals surface area contributed by atoms with Crippen LogP contribution in [0.5, 0.6) is 5.88 Å². The number of rotatable bonds is 5. The molecule has 2 fully saturated rings. The van der Waals surface area contributed by atoms with Crippen molar-refractivity contribution in [3.05, 3.63) is 12.1 Å². The molecule has 0 aromatic carbocycles. The number of nitrogens with two attached hydrogens (primary N) is 1. The molecular formula is C15H23N3O2. The van der Waals surface area contributed by atoms with Gasteiger partial charge in [-0.25, -0.2) is 0 Å². The van der Waals surface area contributed by atoms with Gasteiger partial charge >= 0.3 is 0 Å². The molecule has 20 heavy (non-hydrogen) atoms. The molecule has 2 aliphatic rings.